The van der Waals surface area contributed by atoms with Gasteiger partial charge in [-0.05, 0) is 78.2 Å². The van der Waals surface area contributed by atoms with Crippen molar-refractivity contribution in [3.8, 4) is 41.1 Å². The lowest BCUT2D eigenvalue weighted by Gasteiger charge is -2.45. The molecule has 2 saturated carbocycles. The summed E-state index contributed by atoms with van der Waals surface area (Å²) in [7, 11) is 3.37. The normalized spacial score (nSPS) is 31.4. The summed E-state index contributed by atoms with van der Waals surface area (Å²) in [5, 5.41) is 51.7. The van der Waals surface area contributed by atoms with Crippen LogP contribution in [0.4, 0.5) is 0 Å². The minimum Gasteiger partial charge on any atom is -0.508 e. The number of rotatable bonds is 7. The second kappa shape index (κ2) is 17.7. The Kier molecular flexibility index (Phi) is 11.6. The number of H-pyrrole nitrogens is 1. The molecule has 8 N–H and O–H groups in total. The lowest BCUT2D eigenvalue weighted by atomic mass is 9.65. The summed E-state index contributed by atoms with van der Waals surface area (Å²) in [6, 6.07) is 5.65. The van der Waals surface area contributed by atoms with Gasteiger partial charge in [-0.15, -0.1) is 0 Å². The van der Waals surface area contributed by atoms with Gasteiger partial charge in [0.1, 0.15) is 23.7 Å². The lowest BCUT2D eigenvalue weighted by Crippen LogP contribution is -2.50. The molecule has 68 heavy (non-hydrogen) atoms. The van der Waals surface area contributed by atoms with E-state index in [-0.39, 0.29) is 48.6 Å². The summed E-state index contributed by atoms with van der Waals surface area (Å²) in [4.78, 5) is 17.5. The van der Waals surface area contributed by atoms with Gasteiger partial charge >= 0.3 is 0 Å². The highest BCUT2D eigenvalue weighted by Crippen LogP contribution is 2.55. The molecular formula is C55H60N4O7S2. The number of fused-ring (bicyclic) bond motifs is 4. The molecule has 11 nitrogen and oxygen atoms in total. The van der Waals surface area contributed by atoms with E-state index in [9.17, 15) is 25.2 Å². The number of hydrogen-bond acceptors (Lipinski definition) is 11. The standard InChI is InChI=1S/C55H60N4O7S2/c56-52-38-13-12-37-44(61)15-14-42-53-59-26-40-39(25-57-43(40)27-59)35-16-19-55(29-58-52,50(38)49(35)37)30-68-67-28-41-34(47(64)24-48(51(41)66-53)65-21-20-54(42)17-4-5-18-54)11-9-33(60)23-46(63)36-10-8-32(22-45(36)62)31-6-2-1-3-7-31/h8,10,12-13,16,19,24-27,31-32,35-36,42,44-46,52-53,57-58,61-64H,1-7,9,11,17-18,22-23,28-30,56H2. The largest absolute Gasteiger partial charge is 0.508 e. The quantitative estimate of drug-likeness (QED) is 0.0537. The van der Waals surface area contributed by atoms with Crippen LogP contribution >= 0.6 is 21.6 Å². The summed E-state index contributed by atoms with van der Waals surface area (Å²) in [5.74, 6) is 11.9. The Labute approximate surface area is 405 Å². The number of Topliss-reactive ketones (excluding diaryl/α,β-unsaturated/α-hetero) is 1. The molecule has 9 aliphatic rings. The first-order valence-electron chi connectivity index (χ1n) is 24.9. The number of ether oxygens (including phenoxy) is 2. The molecule has 0 saturated heterocycles. The monoisotopic (exact) mass is 952 g/mol. The maximum Gasteiger partial charge on any atom is 0.191 e. The molecular weight excluding hydrogens is 893 g/mol. The number of aromatic amines is 1. The molecule has 0 radical (unpaired) electrons. The zero-order valence-electron chi connectivity index (χ0n) is 38.2. The number of phenols is 1. The van der Waals surface area contributed by atoms with Gasteiger partial charge in [-0.1, -0.05) is 108 Å². The van der Waals surface area contributed by atoms with Gasteiger partial charge in [-0.3, -0.25) is 10.1 Å². The highest BCUT2D eigenvalue weighted by Gasteiger charge is 2.49. The van der Waals surface area contributed by atoms with Crippen molar-refractivity contribution in [2.45, 2.75) is 131 Å². The van der Waals surface area contributed by atoms with Crippen LogP contribution in [-0.4, -0.2) is 60.3 Å². The topological polar surface area (TPSA) is 175 Å². The molecule has 4 aromatic rings. The van der Waals surface area contributed by atoms with Crippen molar-refractivity contribution in [3.05, 3.63) is 100 Å². The van der Waals surface area contributed by atoms with Crippen LogP contribution in [0.15, 0.2) is 61.1 Å². The number of carbonyl (C=O) groups is 1. The van der Waals surface area contributed by atoms with E-state index < -0.39 is 47.2 Å². The number of ketones is 1. The highest BCUT2D eigenvalue weighted by atomic mass is 33.1. The number of aromatic hydroxyl groups is 1. The third-order valence-corrected chi connectivity index (χ3v) is 19.4. The number of benzene rings is 2. The minimum atomic E-state index is -1.11. The van der Waals surface area contributed by atoms with Gasteiger partial charge in [-0.25, -0.2) is 0 Å². The van der Waals surface area contributed by atoms with Crippen molar-refractivity contribution in [3.63, 3.8) is 0 Å². The minimum absolute atomic E-state index is 0.0209. The highest BCUT2D eigenvalue weighted by molar-refractivity contribution is 8.76. The second-order valence-electron chi connectivity index (χ2n) is 20.9. The number of allylic oxidation sites excluding steroid dienone is 2. The van der Waals surface area contributed by atoms with E-state index in [1.54, 1.807) is 27.7 Å². The fourth-order valence-electron chi connectivity index (χ4n) is 13.3. The number of aliphatic hydroxyl groups excluding tert-OH is 3. The van der Waals surface area contributed by atoms with E-state index in [0.717, 1.165) is 64.4 Å². The SMILES string of the molecule is NC1NCC23C=CC4c5c(ccc1c52)C(O)C#CC1C(Oc2c(cc(O)c(CCC(=O)CC(O)C5C=CC(C6CCCCC6)CC5O)c2CSSC3)OC#CC12CCCC2)n1cc2[nH]cc4c2c1. The third kappa shape index (κ3) is 7.55. The van der Waals surface area contributed by atoms with Gasteiger partial charge in [0.25, 0.3) is 0 Å². The molecule has 0 amide bonds. The Hall–Kier alpha value is -4.57. The summed E-state index contributed by atoms with van der Waals surface area (Å²) < 4.78 is 15.9. The first kappa shape index (κ1) is 44.6. The molecule has 354 valence electrons. The van der Waals surface area contributed by atoms with E-state index in [4.69, 9.17) is 15.2 Å². The number of carbonyl (C=O) groups excluding carboxylic acids is 1. The molecule has 4 aliphatic carbocycles. The number of phenolic OH excluding ortho intramolecular Hbond substituents is 1. The van der Waals surface area contributed by atoms with Crippen molar-refractivity contribution >= 4 is 38.3 Å². The van der Waals surface area contributed by atoms with Crippen LogP contribution < -0.4 is 20.5 Å². The summed E-state index contributed by atoms with van der Waals surface area (Å²) in [5.41, 5.74) is 13.1. The fourth-order valence-corrected chi connectivity index (χ4v) is 16.0. The Bertz CT molecular complexity index is 2850. The van der Waals surface area contributed by atoms with Crippen molar-refractivity contribution in [2.24, 2.45) is 34.8 Å². The molecule has 10 atom stereocenters. The van der Waals surface area contributed by atoms with E-state index in [1.165, 1.54) is 32.1 Å². The molecule has 5 aliphatic heterocycles. The number of hydrogen-bond donors (Lipinski definition) is 7. The van der Waals surface area contributed by atoms with E-state index >= 15 is 0 Å². The van der Waals surface area contributed by atoms with Crippen LogP contribution in [0.25, 0.3) is 10.9 Å². The molecule has 13 rings (SSSR count). The molecule has 2 spiro atoms. The Morgan fingerprint density at radius 1 is 1.01 bits per heavy atom. The number of nitrogens with one attached hydrogen (secondary N) is 2. The maximum absolute atomic E-state index is 13.9. The molecule has 2 fully saturated rings. The van der Waals surface area contributed by atoms with Gasteiger partial charge in [0.15, 0.2) is 17.7 Å². The van der Waals surface area contributed by atoms with Gasteiger partial charge in [0.2, 0.25) is 0 Å². The Balaban J connectivity index is 0.955. The van der Waals surface area contributed by atoms with Crippen molar-refractivity contribution in [1.29, 1.82) is 0 Å². The molecule has 2 aromatic carbocycles. The average molecular weight is 953 g/mol. The second-order valence-corrected chi connectivity index (χ2v) is 23.3. The van der Waals surface area contributed by atoms with Crippen LogP contribution in [-0.2, 0) is 22.4 Å². The van der Waals surface area contributed by atoms with Crippen LogP contribution in [0.1, 0.15) is 140 Å². The lowest BCUT2D eigenvalue weighted by molar-refractivity contribution is -0.122. The molecule has 7 heterocycles. The first-order chi connectivity index (χ1) is 33.1. The Morgan fingerprint density at radius 3 is 2.69 bits per heavy atom. The fraction of sp³-hybridized carbons (Fsp3) is 0.509. The molecule has 2 aromatic heterocycles. The van der Waals surface area contributed by atoms with Crippen LogP contribution in [0, 0.1) is 53.0 Å². The Morgan fingerprint density at radius 2 is 1.85 bits per heavy atom. The van der Waals surface area contributed by atoms with Crippen molar-refractivity contribution < 1.29 is 34.7 Å². The van der Waals surface area contributed by atoms with Gasteiger partial charge < -0.3 is 45.2 Å². The first-order valence-corrected chi connectivity index (χ1v) is 27.4. The zero-order valence-corrected chi connectivity index (χ0v) is 39.8. The third-order valence-electron chi connectivity index (χ3n) is 17.0. The molecule has 13 heteroatoms. The van der Waals surface area contributed by atoms with E-state index in [0.29, 0.717) is 53.2 Å². The van der Waals surface area contributed by atoms with Gasteiger partial charge in [-0.2, -0.15) is 0 Å². The van der Waals surface area contributed by atoms with E-state index in [1.807, 2.05) is 12.1 Å². The predicted octanol–water partition coefficient (Wildman–Crippen LogP) is 8.61. The number of aromatic nitrogens is 2. The van der Waals surface area contributed by atoms with Crippen molar-refractivity contribution in [2.75, 3.05) is 12.3 Å². The van der Waals surface area contributed by atoms with Crippen LogP contribution in [0.3, 0.4) is 0 Å². The molecule has 10 unspecified atom stereocenters. The van der Waals surface area contributed by atoms with Crippen LogP contribution in [0.2, 0.25) is 0 Å². The molecule has 10 bridgehead atoms. The predicted molar refractivity (Wildman–Crippen MR) is 265 cm³/mol. The number of nitrogens with zero attached hydrogens (tertiary/aromatic N) is 1. The van der Waals surface area contributed by atoms with Crippen molar-refractivity contribution in [1.82, 2.24) is 14.9 Å². The van der Waals surface area contributed by atoms with Crippen LogP contribution in [0.5, 0.6) is 17.2 Å². The zero-order chi connectivity index (χ0) is 46.3. The summed E-state index contributed by atoms with van der Waals surface area (Å²) >= 11 is 0. The van der Waals surface area contributed by atoms with E-state index in [2.05, 4.69) is 81.6 Å². The summed E-state index contributed by atoms with van der Waals surface area (Å²) in [6.45, 7) is 0.602. The van der Waals surface area contributed by atoms with Gasteiger partial charge in [0.05, 0.1) is 35.2 Å². The summed E-state index contributed by atoms with van der Waals surface area (Å²) in [6.07, 6.45) is 24.5. The number of nitrogens with two attached hydrogens (primary N) is 1. The smallest absolute Gasteiger partial charge is 0.191 e. The average Bonchev–Trinajstić information content (AvgIpc) is 4.10. The van der Waals surface area contributed by atoms with Gasteiger partial charge in [0, 0.05) is 89.3 Å². The maximum atomic E-state index is 13.9. The number of aliphatic hydroxyl groups is 3.